The van der Waals surface area contributed by atoms with Crippen molar-refractivity contribution in [3.8, 4) is 0 Å². The van der Waals surface area contributed by atoms with Crippen molar-refractivity contribution in [3.05, 3.63) is 77.4 Å². The number of carboxylic acid groups (broad SMARTS) is 1. The molecule has 2 aromatic carbocycles. The highest BCUT2D eigenvalue weighted by molar-refractivity contribution is 5.86. The highest BCUT2D eigenvalue weighted by atomic mass is 16.4. The predicted octanol–water partition coefficient (Wildman–Crippen LogP) is 2.52. The molecule has 4 rings (SSSR count). The zero-order valence-electron chi connectivity index (χ0n) is 14.1. The van der Waals surface area contributed by atoms with Crippen LogP contribution in [0.3, 0.4) is 0 Å². The molecule has 0 fully saturated rings. The summed E-state index contributed by atoms with van der Waals surface area (Å²) in [5, 5.41) is 21.3. The molecule has 130 valence electrons. The van der Waals surface area contributed by atoms with E-state index in [1.165, 1.54) is 0 Å². The van der Waals surface area contributed by atoms with Crippen LogP contribution in [0.1, 0.15) is 22.7 Å². The van der Waals surface area contributed by atoms with Gasteiger partial charge in [-0.25, -0.2) is 0 Å². The Morgan fingerprint density at radius 1 is 1.12 bits per heavy atom. The van der Waals surface area contributed by atoms with Crippen molar-refractivity contribution in [3.63, 3.8) is 0 Å². The summed E-state index contributed by atoms with van der Waals surface area (Å²) in [5.41, 5.74) is 3.87. The minimum Gasteiger partial charge on any atom is -0.480 e. The molecule has 1 atom stereocenters. The van der Waals surface area contributed by atoms with Gasteiger partial charge in [-0.1, -0.05) is 65.3 Å². The molecule has 0 bridgehead atoms. The number of fused-ring (bicyclic) bond motifs is 1. The predicted molar refractivity (Wildman–Crippen MR) is 96.5 cm³/mol. The number of aromatic nitrogens is 4. The largest absolute Gasteiger partial charge is 0.480 e. The fourth-order valence-corrected chi connectivity index (χ4v) is 3.12. The standard InChI is InChI=1S/C19H17N5O2/c1-13-7-9-15(10-8-13)16-11-17(14-5-3-2-4-6-14)24-19(20-21-22-24)23(16)12-18(25)26/h2-11,17H,12H2,1H3,(H,25,26). The van der Waals surface area contributed by atoms with Gasteiger partial charge in [-0.15, -0.1) is 0 Å². The second-order valence-electron chi connectivity index (χ2n) is 6.18. The summed E-state index contributed by atoms with van der Waals surface area (Å²) >= 11 is 0. The van der Waals surface area contributed by atoms with Crippen molar-refractivity contribution in [1.82, 2.24) is 20.2 Å². The third-order valence-electron chi connectivity index (χ3n) is 4.37. The first kappa shape index (κ1) is 16.0. The average molecular weight is 347 g/mol. The van der Waals surface area contributed by atoms with Gasteiger partial charge in [0.1, 0.15) is 12.6 Å². The Morgan fingerprint density at radius 3 is 2.54 bits per heavy atom. The maximum absolute atomic E-state index is 11.4. The normalized spacial score (nSPS) is 16.1. The van der Waals surface area contributed by atoms with Gasteiger partial charge < -0.3 is 5.11 Å². The van der Waals surface area contributed by atoms with Crippen molar-refractivity contribution in [1.29, 1.82) is 0 Å². The molecular formula is C19H17N5O2. The van der Waals surface area contributed by atoms with Crippen LogP contribution < -0.4 is 4.90 Å². The molecule has 1 N–H and O–H groups in total. The zero-order valence-corrected chi connectivity index (χ0v) is 14.1. The molecule has 0 spiro atoms. The van der Waals surface area contributed by atoms with E-state index in [0.29, 0.717) is 5.95 Å². The molecule has 0 saturated carbocycles. The Hall–Kier alpha value is -3.48. The van der Waals surface area contributed by atoms with E-state index in [9.17, 15) is 9.90 Å². The molecule has 0 radical (unpaired) electrons. The molecule has 1 unspecified atom stereocenters. The van der Waals surface area contributed by atoms with Crippen LogP contribution in [0, 0.1) is 6.92 Å². The van der Waals surface area contributed by atoms with Gasteiger partial charge in [0.05, 0.1) is 5.70 Å². The van der Waals surface area contributed by atoms with Crippen molar-refractivity contribution in [2.75, 3.05) is 11.4 Å². The Morgan fingerprint density at radius 2 is 1.85 bits per heavy atom. The van der Waals surface area contributed by atoms with Crippen LogP contribution >= 0.6 is 0 Å². The van der Waals surface area contributed by atoms with Crippen LogP contribution in [-0.2, 0) is 4.79 Å². The molecule has 1 aliphatic heterocycles. The van der Waals surface area contributed by atoms with Crippen LogP contribution in [0.2, 0.25) is 0 Å². The Kier molecular flexibility index (Phi) is 3.96. The van der Waals surface area contributed by atoms with E-state index < -0.39 is 5.97 Å². The summed E-state index contributed by atoms with van der Waals surface area (Å²) in [6.07, 6.45) is 2.01. The Labute approximate surface area is 150 Å². The molecule has 0 aliphatic carbocycles. The summed E-state index contributed by atoms with van der Waals surface area (Å²) in [5.74, 6) is -0.532. The topological polar surface area (TPSA) is 84.1 Å². The van der Waals surface area contributed by atoms with Crippen LogP contribution in [0.4, 0.5) is 5.95 Å². The number of nitrogens with zero attached hydrogens (tertiary/aromatic N) is 5. The summed E-state index contributed by atoms with van der Waals surface area (Å²) in [4.78, 5) is 13.1. The highest BCUT2D eigenvalue weighted by Gasteiger charge is 2.31. The zero-order chi connectivity index (χ0) is 18.1. The fraction of sp³-hybridized carbons (Fsp3) is 0.158. The first-order chi connectivity index (χ1) is 12.6. The Balaban J connectivity index is 1.88. The van der Waals surface area contributed by atoms with E-state index in [1.807, 2.05) is 67.6 Å². The van der Waals surface area contributed by atoms with Crippen LogP contribution in [-0.4, -0.2) is 37.8 Å². The van der Waals surface area contributed by atoms with Crippen molar-refractivity contribution in [2.24, 2.45) is 0 Å². The van der Waals surface area contributed by atoms with Crippen molar-refractivity contribution < 1.29 is 9.90 Å². The number of allylic oxidation sites excluding steroid dienone is 1. The van der Waals surface area contributed by atoms with E-state index >= 15 is 0 Å². The quantitative estimate of drug-likeness (QED) is 0.781. The summed E-state index contributed by atoms with van der Waals surface area (Å²) in [6, 6.07) is 17.7. The molecule has 7 nitrogen and oxygen atoms in total. The molecule has 2 heterocycles. The second kappa shape index (κ2) is 6.44. The van der Waals surface area contributed by atoms with Gasteiger partial charge in [-0.05, 0) is 34.6 Å². The van der Waals surface area contributed by atoms with Crippen molar-refractivity contribution in [2.45, 2.75) is 13.0 Å². The number of anilines is 1. The van der Waals surface area contributed by atoms with E-state index in [2.05, 4.69) is 15.5 Å². The van der Waals surface area contributed by atoms with E-state index in [1.54, 1.807) is 9.58 Å². The minimum absolute atomic E-state index is 0.206. The first-order valence-corrected chi connectivity index (χ1v) is 8.24. The van der Waals surface area contributed by atoms with Gasteiger partial charge in [0.25, 0.3) is 5.95 Å². The summed E-state index contributed by atoms with van der Waals surface area (Å²) in [6.45, 7) is 1.79. The van der Waals surface area contributed by atoms with Gasteiger partial charge in [-0.2, -0.15) is 4.68 Å². The van der Waals surface area contributed by atoms with E-state index in [0.717, 1.165) is 22.4 Å². The summed E-state index contributed by atoms with van der Waals surface area (Å²) < 4.78 is 1.65. The fourth-order valence-electron chi connectivity index (χ4n) is 3.12. The first-order valence-electron chi connectivity index (χ1n) is 8.24. The van der Waals surface area contributed by atoms with E-state index in [4.69, 9.17) is 0 Å². The van der Waals surface area contributed by atoms with Gasteiger partial charge in [-0.3, -0.25) is 9.69 Å². The number of aliphatic carboxylic acids is 1. The maximum Gasteiger partial charge on any atom is 0.323 e. The molecule has 3 aromatic rings. The molecule has 1 aliphatic rings. The SMILES string of the molecule is Cc1ccc(C2=CC(c3ccccc3)n3nnnc3N2CC(=O)O)cc1. The minimum atomic E-state index is -0.948. The highest BCUT2D eigenvalue weighted by Crippen LogP contribution is 2.35. The maximum atomic E-state index is 11.4. The van der Waals surface area contributed by atoms with Crippen molar-refractivity contribution >= 4 is 17.6 Å². The second-order valence-corrected chi connectivity index (χ2v) is 6.18. The number of hydrogen-bond donors (Lipinski definition) is 1. The van der Waals surface area contributed by atoms with Crippen LogP contribution in [0.15, 0.2) is 60.7 Å². The number of rotatable bonds is 4. The average Bonchev–Trinajstić information content (AvgIpc) is 3.13. The lowest BCUT2D eigenvalue weighted by Gasteiger charge is -2.31. The molecule has 0 amide bonds. The monoisotopic (exact) mass is 347 g/mol. The lowest BCUT2D eigenvalue weighted by atomic mass is 10.0. The number of hydrogen-bond acceptors (Lipinski definition) is 5. The number of aryl methyl sites for hydroxylation is 1. The molecule has 1 aromatic heterocycles. The van der Waals surface area contributed by atoms with E-state index in [-0.39, 0.29) is 12.6 Å². The third kappa shape index (κ3) is 2.83. The molecule has 26 heavy (non-hydrogen) atoms. The molecular weight excluding hydrogens is 330 g/mol. The van der Waals surface area contributed by atoms with Gasteiger partial charge in [0.15, 0.2) is 0 Å². The number of benzene rings is 2. The summed E-state index contributed by atoms with van der Waals surface area (Å²) in [7, 11) is 0. The lowest BCUT2D eigenvalue weighted by Crippen LogP contribution is -2.35. The lowest BCUT2D eigenvalue weighted by molar-refractivity contribution is -0.135. The van der Waals surface area contributed by atoms with Gasteiger partial charge in [0, 0.05) is 0 Å². The number of carboxylic acids is 1. The third-order valence-corrected chi connectivity index (χ3v) is 4.37. The van der Waals surface area contributed by atoms with Crippen LogP contribution in [0.5, 0.6) is 0 Å². The molecule has 7 heteroatoms. The van der Waals surface area contributed by atoms with Gasteiger partial charge >= 0.3 is 5.97 Å². The molecule has 0 saturated heterocycles. The van der Waals surface area contributed by atoms with Crippen LogP contribution in [0.25, 0.3) is 5.70 Å². The number of carbonyl (C=O) groups is 1. The van der Waals surface area contributed by atoms with Gasteiger partial charge in [0.2, 0.25) is 0 Å². The Bertz CT molecular complexity index is 963. The number of tetrazole rings is 1. The smallest absolute Gasteiger partial charge is 0.323 e.